The van der Waals surface area contributed by atoms with Crippen LogP contribution >= 0.6 is 0 Å². The predicted molar refractivity (Wildman–Crippen MR) is 88.0 cm³/mol. The van der Waals surface area contributed by atoms with Gasteiger partial charge < -0.3 is 14.6 Å². The summed E-state index contributed by atoms with van der Waals surface area (Å²) in [6, 6.07) is 7.67. The van der Waals surface area contributed by atoms with E-state index in [1.54, 1.807) is 0 Å². The van der Waals surface area contributed by atoms with E-state index >= 15 is 0 Å². The molecule has 1 aromatic carbocycles. The molecule has 0 saturated carbocycles. The van der Waals surface area contributed by atoms with Crippen molar-refractivity contribution in [1.29, 1.82) is 0 Å². The van der Waals surface area contributed by atoms with Gasteiger partial charge in [0, 0.05) is 19.4 Å². The van der Waals surface area contributed by atoms with Crippen LogP contribution in [0.4, 0.5) is 0 Å². The Bertz CT molecular complexity index is 691. The van der Waals surface area contributed by atoms with E-state index in [1.807, 2.05) is 49.6 Å². The smallest absolute Gasteiger partial charge is 0.326 e. The second kappa shape index (κ2) is 7.76. The molecule has 1 heterocycles. The fraction of sp³-hybridized carbons (Fsp3) is 0.471. The summed E-state index contributed by atoms with van der Waals surface area (Å²) in [5.41, 5.74) is 1.73. The Morgan fingerprint density at radius 3 is 2.74 bits per heavy atom. The van der Waals surface area contributed by atoms with Crippen LogP contribution in [0, 0.1) is 0 Å². The molecule has 124 valence electrons. The zero-order chi connectivity index (χ0) is 16.8. The minimum absolute atomic E-state index is 0.00637. The number of carbonyl (C=O) groups is 2. The molecule has 0 unspecified atom stereocenters. The molecule has 0 radical (unpaired) electrons. The van der Waals surface area contributed by atoms with Crippen LogP contribution in [0.1, 0.15) is 33.0 Å². The third-order valence-corrected chi connectivity index (χ3v) is 3.38. The number of aromatic nitrogens is 2. The number of fused-ring (bicyclic) bond motifs is 1. The van der Waals surface area contributed by atoms with E-state index in [-0.39, 0.29) is 24.5 Å². The molecule has 1 amide bonds. The zero-order valence-corrected chi connectivity index (χ0v) is 13.8. The van der Waals surface area contributed by atoms with Crippen molar-refractivity contribution in [3.63, 3.8) is 0 Å². The third-order valence-electron chi connectivity index (χ3n) is 3.38. The van der Waals surface area contributed by atoms with Gasteiger partial charge in [-0.25, -0.2) is 4.98 Å². The number of para-hydroxylation sites is 2. The van der Waals surface area contributed by atoms with Gasteiger partial charge in [-0.15, -0.1) is 0 Å². The summed E-state index contributed by atoms with van der Waals surface area (Å²) >= 11 is 0. The maximum atomic E-state index is 12.0. The summed E-state index contributed by atoms with van der Waals surface area (Å²) in [7, 11) is 0. The first-order valence-electron chi connectivity index (χ1n) is 7.91. The highest BCUT2D eigenvalue weighted by Crippen LogP contribution is 2.16. The van der Waals surface area contributed by atoms with Crippen LogP contribution in [0.2, 0.25) is 0 Å². The van der Waals surface area contributed by atoms with E-state index in [9.17, 15) is 9.59 Å². The average Bonchev–Trinajstić information content (AvgIpc) is 2.84. The summed E-state index contributed by atoms with van der Waals surface area (Å²) in [4.78, 5) is 27.9. The Hall–Kier alpha value is -2.37. The van der Waals surface area contributed by atoms with Crippen molar-refractivity contribution in [3.8, 4) is 0 Å². The van der Waals surface area contributed by atoms with Gasteiger partial charge in [0.2, 0.25) is 5.91 Å². The van der Waals surface area contributed by atoms with Crippen molar-refractivity contribution in [1.82, 2.24) is 14.9 Å². The monoisotopic (exact) mass is 317 g/mol. The predicted octanol–water partition coefficient (Wildman–Crippen LogP) is 2.06. The molecule has 0 spiro atoms. The van der Waals surface area contributed by atoms with E-state index in [1.165, 1.54) is 0 Å². The standard InChI is InChI=1S/C17H23N3O3/c1-4-16(21)18-10-9-15-19-13-7-5-6-8-14(13)20(15)11-17(22)23-12(2)3/h5-8,12H,4,9-11H2,1-3H3,(H,18,21). The lowest BCUT2D eigenvalue weighted by atomic mass is 10.3. The number of imidazole rings is 1. The fourth-order valence-electron chi connectivity index (χ4n) is 2.36. The molecule has 6 heteroatoms. The Morgan fingerprint density at radius 2 is 2.04 bits per heavy atom. The number of ether oxygens (including phenoxy) is 1. The molecule has 23 heavy (non-hydrogen) atoms. The second-order valence-corrected chi connectivity index (χ2v) is 5.60. The molecule has 0 aliphatic rings. The average molecular weight is 317 g/mol. The lowest BCUT2D eigenvalue weighted by molar-refractivity contribution is -0.148. The number of carbonyl (C=O) groups excluding carboxylic acids is 2. The Morgan fingerprint density at radius 1 is 1.30 bits per heavy atom. The highest BCUT2D eigenvalue weighted by Gasteiger charge is 2.15. The van der Waals surface area contributed by atoms with E-state index in [2.05, 4.69) is 10.3 Å². The minimum Gasteiger partial charge on any atom is -0.462 e. The fourth-order valence-corrected chi connectivity index (χ4v) is 2.36. The largest absolute Gasteiger partial charge is 0.462 e. The van der Waals surface area contributed by atoms with Crippen molar-refractivity contribution in [3.05, 3.63) is 30.1 Å². The van der Waals surface area contributed by atoms with Gasteiger partial charge in [-0.05, 0) is 26.0 Å². The molecule has 1 aromatic heterocycles. The minimum atomic E-state index is -0.290. The van der Waals surface area contributed by atoms with Crippen LogP contribution in [-0.2, 0) is 27.3 Å². The number of benzene rings is 1. The molecule has 2 aromatic rings. The van der Waals surface area contributed by atoms with Gasteiger partial charge >= 0.3 is 5.97 Å². The Balaban J connectivity index is 2.19. The van der Waals surface area contributed by atoms with Crippen molar-refractivity contribution in [2.75, 3.05) is 6.54 Å². The molecular formula is C17H23N3O3. The summed E-state index contributed by atoms with van der Waals surface area (Å²) in [6.45, 7) is 6.08. The maximum absolute atomic E-state index is 12.0. The Labute approximate surface area is 135 Å². The van der Waals surface area contributed by atoms with Gasteiger partial charge in [0.1, 0.15) is 12.4 Å². The summed E-state index contributed by atoms with van der Waals surface area (Å²) in [5, 5.41) is 2.83. The van der Waals surface area contributed by atoms with Crippen molar-refractivity contribution in [2.45, 2.75) is 46.3 Å². The molecular weight excluding hydrogens is 294 g/mol. The first-order valence-corrected chi connectivity index (χ1v) is 7.91. The van der Waals surface area contributed by atoms with E-state index in [4.69, 9.17) is 4.74 Å². The van der Waals surface area contributed by atoms with Crippen LogP contribution in [0.15, 0.2) is 24.3 Å². The number of hydrogen-bond donors (Lipinski definition) is 1. The number of rotatable bonds is 7. The lowest BCUT2D eigenvalue weighted by Gasteiger charge is -2.11. The van der Waals surface area contributed by atoms with Crippen LogP contribution in [0.25, 0.3) is 11.0 Å². The summed E-state index contributed by atoms with van der Waals surface area (Å²) < 4.78 is 7.09. The highest BCUT2D eigenvalue weighted by atomic mass is 16.5. The Kier molecular flexibility index (Phi) is 5.73. The molecule has 0 bridgehead atoms. The van der Waals surface area contributed by atoms with Gasteiger partial charge in [-0.2, -0.15) is 0 Å². The number of amides is 1. The molecule has 0 aliphatic heterocycles. The van der Waals surface area contributed by atoms with Gasteiger partial charge in [0.15, 0.2) is 0 Å². The van der Waals surface area contributed by atoms with E-state index in [0.29, 0.717) is 19.4 Å². The van der Waals surface area contributed by atoms with Gasteiger partial charge in [-0.3, -0.25) is 9.59 Å². The molecule has 0 fully saturated rings. The molecule has 0 saturated heterocycles. The second-order valence-electron chi connectivity index (χ2n) is 5.60. The van der Waals surface area contributed by atoms with Crippen LogP contribution < -0.4 is 5.32 Å². The maximum Gasteiger partial charge on any atom is 0.326 e. The van der Waals surface area contributed by atoms with Gasteiger partial charge in [0.25, 0.3) is 0 Å². The van der Waals surface area contributed by atoms with Crippen LogP contribution in [0.3, 0.4) is 0 Å². The first-order chi connectivity index (χ1) is 11.0. The number of hydrogen-bond acceptors (Lipinski definition) is 4. The summed E-state index contributed by atoms with van der Waals surface area (Å²) in [6.07, 6.45) is 0.872. The SMILES string of the molecule is CCC(=O)NCCc1nc2ccccc2n1CC(=O)OC(C)C. The number of esters is 1. The number of nitrogens with zero attached hydrogens (tertiary/aromatic N) is 2. The lowest BCUT2D eigenvalue weighted by Crippen LogP contribution is -2.26. The van der Waals surface area contributed by atoms with Gasteiger partial charge in [-0.1, -0.05) is 19.1 Å². The topological polar surface area (TPSA) is 73.2 Å². The number of nitrogens with one attached hydrogen (secondary N) is 1. The normalized spacial score (nSPS) is 11.0. The quantitative estimate of drug-likeness (QED) is 0.793. The molecule has 0 aliphatic carbocycles. The highest BCUT2D eigenvalue weighted by molar-refractivity contribution is 5.79. The summed E-state index contributed by atoms with van der Waals surface area (Å²) in [5.74, 6) is 0.484. The van der Waals surface area contributed by atoms with Crippen molar-refractivity contribution in [2.24, 2.45) is 0 Å². The van der Waals surface area contributed by atoms with E-state index in [0.717, 1.165) is 16.9 Å². The van der Waals surface area contributed by atoms with E-state index < -0.39 is 0 Å². The molecule has 6 nitrogen and oxygen atoms in total. The van der Waals surface area contributed by atoms with Crippen LogP contribution in [-0.4, -0.2) is 34.1 Å². The molecule has 2 rings (SSSR count). The first kappa shape index (κ1) is 17.0. The van der Waals surface area contributed by atoms with Crippen molar-refractivity contribution >= 4 is 22.9 Å². The van der Waals surface area contributed by atoms with Crippen molar-refractivity contribution < 1.29 is 14.3 Å². The molecule has 0 atom stereocenters. The van der Waals surface area contributed by atoms with Crippen LogP contribution in [0.5, 0.6) is 0 Å². The molecule has 1 N–H and O–H groups in total. The zero-order valence-electron chi connectivity index (χ0n) is 13.8. The third kappa shape index (κ3) is 4.55. The van der Waals surface area contributed by atoms with Gasteiger partial charge in [0.05, 0.1) is 17.1 Å².